The highest BCUT2D eigenvalue weighted by Gasteiger charge is 2.30. The minimum atomic E-state index is -4.41. The minimum Gasteiger partial charge on any atom is -0.457 e. The van der Waals surface area contributed by atoms with Crippen LogP contribution in [-0.2, 0) is 23.9 Å². The van der Waals surface area contributed by atoms with Gasteiger partial charge in [0.25, 0.3) is 5.91 Å². The smallest absolute Gasteiger partial charge is 0.416 e. The molecule has 0 radical (unpaired) electrons. The van der Waals surface area contributed by atoms with Crippen molar-refractivity contribution in [2.75, 3.05) is 18.8 Å². The molecular formula is C29H31F3N4O3S. The van der Waals surface area contributed by atoms with E-state index < -0.39 is 11.7 Å². The van der Waals surface area contributed by atoms with Crippen molar-refractivity contribution in [1.82, 2.24) is 9.96 Å². The number of nitrogens with zero attached hydrogens (tertiary/aromatic N) is 4. The van der Waals surface area contributed by atoms with Crippen LogP contribution in [0, 0.1) is 5.92 Å². The highest BCUT2D eigenvalue weighted by atomic mass is 32.2. The topological polar surface area (TPSA) is 77.7 Å². The average Bonchev–Trinajstić information content (AvgIpc) is 2.93. The molecule has 40 heavy (non-hydrogen) atoms. The summed E-state index contributed by atoms with van der Waals surface area (Å²) < 4.78 is 44.6. The molecule has 4 rings (SSSR count). The molecule has 2 heterocycles. The van der Waals surface area contributed by atoms with Crippen LogP contribution in [-0.4, -0.2) is 52.0 Å². The predicted molar refractivity (Wildman–Crippen MR) is 151 cm³/mol. The number of ether oxygens (including phenoxy) is 1. The number of hydrogen-bond acceptors (Lipinski definition) is 6. The van der Waals surface area contributed by atoms with Gasteiger partial charge in [-0.3, -0.25) is 15.0 Å². The number of carbonyl (C=O) groups excluding carboxylic acids is 1. The van der Waals surface area contributed by atoms with Gasteiger partial charge < -0.3 is 9.64 Å². The van der Waals surface area contributed by atoms with E-state index in [-0.39, 0.29) is 24.1 Å². The van der Waals surface area contributed by atoms with Crippen molar-refractivity contribution in [3.63, 3.8) is 0 Å². The van der Waals surface area contributed by atoms with E-state index >= 15 is 0 Å². The number of amides is 1. The molecule has 2 aliphatic rings. The molecule has 212 valence electrons. The molecule has 2 aromatic carbocycles. The molecule has 0 atom stereocenters. The molecule has 0 fully saturated rings. The zero-order valence-corrected chi connectivity index (χ0v) is 23.3. The Hall–Kier alpha value is -3.57. The van der Waals surface area contributed by atoms with Crippen LogP contribution in [0.4, 0.5) is 13.2 Å². The van der Waals surface area contributed by atoms with Gasteiger partial charge in [0.2, 0.25) is 0 Å². The molecule has 0 aromatic heterocycles. The molecule has 0 aliphatic carbocycles. The van der Waals surface area contributed by atoms with Gasteiger partial charge in [-0.15, -0.1) is 11.8 Å². The van der Waals surface area contributed by atoms with Gasteiger partial charge in [0.15, 0.2) is 0 Å². The van der Waals surface area contributed by atoms with Crippen molar-refractivity contribution >= 4 is 29.7 Å². The van der Waals surface area contributed by atoms with Crippen LogP contribution < -0.4 is 4.74 Å². The summed E-state index contributed by atoms with van der Waals surface area (Å²) >= 11 is 1.58. The zero-order chi connectivity index (χ0) is 28.9. The third kappa shape index (κ3) is 7.14. The number of carbonyl (C=O) groups is 1. The Labute approximate surface area is 235 Å². The highest BCUT2D eigenvalue weighted by molar-refractivity contribution is 8.03. The maximum atomic E-state index is 13.5. The first-order valence-electron chi connectivity index (χ1n) is 12.9. The molecule has 2 aliphatic heterocycles. The summed E-state index contributed by atoms with van der Waals surface area (Å²) in [5, 5.41) is 11.8. The van der Waals surface area contributed by atoms with Gasteiger partial charge in [-0.1, -0.05) is 32.1 Å². The Morgan fingerprint density at radius 1 is 1.25 bits per heavy atom. The maximum absolute atomic E-state index is 13.5. The van der Waals surface area contributed by atoms with Crippen LogP contribution in [0.15, 0.2) is 75.3 Å². The first-order chi connectivity index (χ1) is 19.1. The molecule has 7 nitrogen and oxygen atoms in total. The number of fused-ring (bicyclic) bond motifs is 1. The second-order valence-electron chi connectivity index (χ2n) is 9.59. The van der Waals surface area contributed by atoms with E-state index in [1.807, 2.05) is 19.9 Å². The van der Waals surface area contributed by atoms with Crippen molar-refractivity contribution in [2.24, 2.45) is 15.9 Å². The van der Waals surface area contributed by atoms with Gasteiger partial charge in [0, 0.05) is 47.6 Å². The van der Waals surface area contributed by atoms with E-state index in [9.17, 15) is 23.2 Å². The van der Waals surface area contributed by atoms with E-state index in [2.05, 4.69) is 9.98 Å². The lowest BCUT2D eigenvalue weighted by molar-refractivity contribution is -0.137. The Bertz CT molecular complexity index is 1350. The summed E-state index contributed by atoms with van der Waals surface area (Å²) in [5.41, 5.74) is 1.28. The zero-order valence-electron chi connectivity index (χ0n) is 22.5. The number of amidine groups is 1. The molecular weight excluding hydrogens is 541 g/mol. The van der Waals surface area contributed by atoms with Gasteiger partial charge >= 0.3 is 6.18 Å². The first kappa shape index (κ1) is 29.4. The molecule has 11 heteroatoms. The molecule has 0 saturated carbocycles. The summed E-state index contributed by atoms with van der Waals surface area (Å²) in [6, 6.07) is 10.0. The van der Waals surface area contributed by atoms with E-state index in [1.165, 1.54) is 12.1 Å². The second kappa shape index (κ2) is 12.7. The van der Waals surface area contributed by atoms with Crippen molar-refractivity contribution < 1.29 is 27.9 Å². The Balaban J connectivity index is 1.48. The number of alkyl halides is 3. The molecule has 0 bridgehead atoms. The van der Waals surface area contributed by atoms with Crippen molar-refractivity contribution in [2.45, 2.75) is 39.9 Å². The Morgan fingerprint density at radius 3 is 2.62 bits per heavy atom. The number of thioether (sulfide) groups is 1. The normalized spacial score (nSPS) is 16.1. The van der Waals surface area contributed by atoms with E-state index in [4.69, 9.17) is 4.74 Å². The van der Waals surface area contributed by atoms with Gasteiger partial charge in [0.1, 0.15) is 23.0 Å². The summed E-state index contributed by atoms with van der Waals surface area (Å²) in [4.78, 5) is 24.8. The van der Waals surface area contributed by atoms with Crippen LogP contribution in [0.1, 0.15) is 37.5 Å². The van der Waals surface area contributed by atoms with Crippen LogP contribution in [0.2, 0.25) is 0 Å². The van der Waals surface area contributed by atoms with Crippen molar-refractivity contribution in [3.8, 4) is 11.5 Å². The molecule has 2 aromatic rings. The number of hydroxylamine groups is 2. The van der Waals surface area contributed by atoms with Crippen LogP contribution in [0.25, 0.3) is 0 Å². The number of allylic oxidation sites excluding steroid dienone is 1. The summed E-state index contributed by atoms with van der Waals surface area (Å²) in [5.74, 6) is 1.56. The quantitative estimate of drug-likeness (QED) is 0.173. The van der Waals surface area contributed by atoms with Crippen LogP contribution >= 0.6 is 11.8 Å². The van der Waals surface area contributed by atoms with E-state index in [0.29, 0.717) is 36.8 Å². The molecule has 0 unspecified atom stereocenters. The van der Waals surface area contributed by atoms with Crippen LogP contribution in [0.5, 0.6) is 11.5 Å². The number of rotatable bonds is 7. The number of benzene rings is 2. The summed E-state index contributed by atoms with van der Waals surface area (Å²) in [7, 11) is 0. The first-order valence-corrected chi connectivity index (χ1v) is 13.8. The number of aliphatic imine (C=N–C) groups is 2. The molecule has 0 saturated heterocycles. The number of hydrogen-bond donors (Lipinski definition) is 1. The lowest BCUT2D eigenvalue weighted by atomic mass is 9.98. The maximum Gasteiger partial charge on any atom is 0.416 e. The lowest BCUT2D eigenvalue weighted by Gasteiger charge is -2.30. The fourth-order valence-electron chi connectivity index (χ4n) is 4.36. The lowest BCUT2D eigenvalue weighted by Crippen LogP contribution is -2.38. The summed E-state index contributed by atoms with van der Waals surface area (Å²) in [6.45, 7) is 6.49. The standard InChI is InChI=1S/C29H31F3N4O3S/c1-4-25(34-27(19(2)3)36(38)18-23-16-33-13-15-40-23)28(37)35-14-12-24-20(17-35)6-5-7-26(24)39-22-10-8-21(9-11-22)29(30,31)32/h4-11,13,16,19,38H,12,14-15,17-18H2,1-3H3/b25-4-,34-27?. The fourth-order valence-corrected chi connectivity index (χ4v) is 5.09. The highest BCUT2D eigenvalue weighted by Crippen LogP contribution is 2.34. The second-order valence-corrected chi connectivity index (χ2v) is 10.7. The van der Waals surface area contributed by atoms with Crippen molar-refractivity contribution in [1.29, 1.82) is 0 Å². The van der Waals surface area contributed by atoms with E-state index in [1.54, 1.807) is 54.2 Å². The predicted octanol–water partition coefficient (Wildman–Crippen LogP) is 6.69. The van der Waals surface area contributed by atoms with Crippen molar-refractivity contribution in [3.05, 3.63) is 82.0 Å². The van der Waals surface area contributed by atoms with Gasteiger partial charge in [-0.2, -0.15) is 13.2 Å². The molecule has 1 amide bonds. The Morgan fingerprint density at radius 2 is 2.00 bits per heavy atom. The third-order valence-corrected chi connectivity index (χ3v) is 7.32. The fraction of sp³-hybridized carbons (Fsp3) is 0.345. The average molecular weight is 573 g/mol. The monoisotopic (exact) mass is 572 g/mol. The number of halogens is 3. The third-order valence-electron chi connectivity index (χ3n) is 6.40. The SMILES string of the molecule is C/C=C(\N=C(C(C)C)N(O)CC1=CN=CCS1)C(=O)N1CCc2c(cccc2Oc2ccc(C(F)(F)F)cc2)C1. The van der Waals surface area contributed by atoms with E-state index in [0.717, 1.165) is 39.0 Å². The van der Waals surface area contributed by atoms with Crippen LogP contribution in [0.3, 0.4) is 0 Å². The Kier molecular flexibility index (Phi) is 9.36. The molecule has 0 spiro atoms. The largest absolute Gasteiger partial charge is 0.457 e. The van der Waals surface area contributed by atoms with Gasteiger partial charge in [-0.25, -0.2) is 10.1 Å². The van der Waals surface area contributed by atoms with Gasteiger partial charge in [-0.05, 0) is 49.2 Å². The van der Waals surface area contributed by atoms with Gasteiger partial charge in [0.05, 0.1) is 12.1 Å². The summed E-state index contributed by atoms with van der Waals surface area (Å²) in [6.07, 6.45) is 1.23. The minimum absolute atomic E-state index is 0.141. The molecule has 1 N–H and O–H groups in total.